The highest BCUT2D eigenvalue weighted by Crippen LogP contribution is 2.30. The Hall–Kier alpha value is -4.77. The fourth-order valence-electron chi connectivity index (χ4n) is 5.34. The van der Waals surface area contributed by atoms with Crippen molar-refractivity contribution in [3.63, 3.8) is 0 Å². The first-order chi connectivity index (χ1) is 24.1. The zero-order chi connectivity index (χ0) is 36.0. The summed E-state index contributed by atoms with van der Waals surface area (Å²) >= 11 is 0. The number of nitrogens with one attached hydrogen (secondary N) is 1. The zero-order valence-corrected chi connectivity index (χ0v) is 31.0. The van der Waals surface area contributed by atoms with Crippen LogP contribution in [0.2, 0.25) is 0 Å². The fraction of sp³-hybridized carbons (Fsp3) is 0.462. The summed E-state index contributed by atoms with van der Waals surface area (Å²) in [7, 11) is 3.99. The third-order valence-electron chi connectivity index (χ3n) is 8.74. The number of fused-ring (bicyclic) bond motifs is 1. The normalized spacial score (nSPS) is 14.4. The zero-order valence-electron chi connectivity index (χ0n) is 31.0. The Morgan fingerprint density at radius 3 is 2.64 bits per heavy atom. The minimum atomic E-state index is 0.0551. The van der Waals surface area contributed by atoms with Crippen molar-refractivity contribution in [2.75, 3.05) is 52.2 Å². The minimum Gasteiger partial charge on any atom is -0.491 e. The Labute approximate surface area is 297 Å². The van der Waals surface area contributed by atoms with Gasteiger partial charge < -0.3 is 24.6 Å². The van der Waals surface area contributed by atoms with E-state index in [0.29, 0.717) is 48.2 Å². The van der Waals surface area contributed by atoms with Crippen molar-refractivity contribution in [3.05, 3.63) is 78.1 Å². The van der Waals surface area contributed by atoms with Crippen molar-refractivity contribution >= 4 is 34.7 Å². The number of aromatic nitrogens is 3. The first-order valence-corrected chi connectivity index (χ1v) is 17.6. The number of ether oxygens (including phenoxy) is 2. The van der Waals surface area contributed by atoms with Gasteiger partial charge in [-0.1, -0.05) is 33.3 Å². The molecule has 3 aromatic rings. The number of rotatable bonds is 18. The topological polar surface area (TPSA) is 108 Å². The molecule has 0 radical (unpaired) electrons. The number of anilines is 2. The SMILES string of the molecule is C/C=N\N1C=CC(Oc2ccc(Nc3ncnc4cc(OCC(CC)CN(CCC(C)CC)C(=O)/C=C/CN(C)C)c(C)nc34)cc2C)=CC1. The van der Waals surface area contributed by atoms with E-state index in [1.165, 1.54) is 6.33 Å². The number of amides is 1. The van der Waals surface area contributed by atoms with Gasteiger partial charge in [-0.3, -0.25) is 9.80 Å². The molecule has 11 heteroatoms. The maximum Gasteiger partial charge on any atom is 0.246 e. The summed E-state index contributed by atoms with van der Waals surface area (Å²) in [6, 6.07) is 7.85. The maximum atomic E-state index is 13.2. The van der Waals surface area contributed by atoms with Gasteiger partial charge in [-0.2, -0.15) is 5.10 Å². The highest BCUT2D eigenvalue weighted by atomic mass is 16.5. The van der Waals surface area contributed by atoms with Crippen LogP contribution in [-0.2, 0) is 4.79 Å². The van der Waals surface area contributed by atoms with Crippen LogP contribution in [-0.4, -0.2) is 88.8 Å². The van der Waals surface area contributed by atoms with E-state index in [2.05, 4.69) is 41.2 Å². The van der Waals surface area contributed by atoms with Crippen molar-refractivity contribution in [1.29, 1.82) is 0 Å². The summed E-state index contributed by atoms with van der Waals surface area (Å²) in [6.07, 6.45) is 15.7. The predicted octanol–water partition coefficient (Wildman–Crippen LogP) is 7.27. The van der Waals surface area contributed by atoms with Gasteiger partial charge in [0, 0.05) is 55.8 Å². The summed E-state index contributed by atoms with van der Waals surface area (Å²) in [6.45, 7) is 15.6. The second-order valence-electron chi connectivity index (χ2n) is 13.1. The molecule has 1 aliphatic rings. The molecule has 4 rings (SSSR count). The van der Waals surface area contributed by atoms with Gasteiger partial charge in [-0.25, -0.2) is 15.0 Å². The van der Waals surface area contributed by atoms with Crippen LogP contribution in [0.3, 0.4) is 0 Å². The molecule has 0 saturated heterocycles. The molecule has 11 nitrogen and oxygen atoms in total. The molecule has 1 N–H and O–H groups in total. The molecule has 0 aliphatic carbocycles. The second kappa shape index (κ2) is 18.8. The molecule has 0 spiro atoms. The quantitative estimate of drug-likeness (QED) is 0.109. The molecule has 3 heterocycles. The van der Waals surface area contributed by atoms with Gasteiger partial charge in [0.05, 0.1) is 24.4 Å². The number of nitrogens with zero attached hydrogens (tertiary/aromatic N) is 7. The lowest BCUT2D eigenvalue weighted by Gasteiger charge is -2.27. The van der Waals surface area contributed by atoms with Crippen LogP contribution in [0.4, 0.5) is 11.5 Å². The van der Waals surface area contributed by atoms with Crippen molar-refractivity contribution < 1.29 is 14.3 Å². The number of aryl methyl sites for hydroxylation is 2. The average Bonchev–Trinajstić information content (AvgIpc) is 3.10. The van der Waals surface area contributed by atoms with E-state index in [1.54, 1.807) is 12.3 Å². The number of carbonyl (C=O) groups is 1. The van der Waals surface area contributed by atoms with Crippen LogP contribution in [0, 0.1) is 25.7 Å². The van der Waals surface area contributed by atoms with E-state index in [4.69, 9.17) is 14.5 Å². The first kappa shape index (κ1) is 38.0. The van der Waals surface area contributed by atoms with Gasteiger partial charge in [-0.15, -0.1) is 0 Å². The monoisotopic (exact) mass is 682 g/mol. The molecule has 0 bridgehead atoms. The van der Waals surface area contributed by atoms with E-state index in [0.717, 1.165) is 60.8 Å². The van der Waals surface area contributed by atoms with E-state index in [9.17, 15) is 4.79 Å². The lowest BCUT2D eigenvalue weighted by atomic mass is 10.0. The number of hydrogen-bond donors (Lipinski definition) is 1. The molecule has 0 fully saturated rings. The average molecular weight is 683 g/mol. The summed E-state index contributed by atoms with van der Waals surface area (Å²) in [5.41, 5.74) is 3.93. The minimum absolute atomic E-state index is 0.0551. The van der Waals surface area contributed by atoms with Gasteiger partial charge >= 0.3 is 0 Å². The summed E-state index contributed by atoms with van der Waals surface area (Å²) in [4.78, 5) is 31.1. The van der Waals surface area contributed by atoms with Gasteiger partial charge in [0.1, 0.15) is 29.1 Å². The summed E-state index contributed by atoms with van der Waals surface area (Å²) < 4.78 is 12.5. The fourth-order valence-corrected chi connectivity index (χ4v) is 5.34. The molecule has 268 valence electrons. The molecular weight excluding hydrogens is 628 g/mol. The molecule has 50 heavy (non-hydrogen) atoms. The molecule has 2 unspecified atom stereocenters. The molecule has 2 atom stereocenters. The predicted molar refractivity (Wildman–Crippen MR) is 203 cm³/mol. The number of likely N-dealkylation sites (N-methyl/N-ethyl adjacent to an activating group) is 1. The van der Waals surface area contributed by atoms with Crippen LogP contribution < -0.4 is 14.8 Å². The number of hydrazone groups is 1. The van der Waals surface area contributed by atoms with Crippen molar-refractivity contribution in [3.8, 4) is 11.5 Å². The molecule has 1 amide bonds. The summed E-state index contributed by atoms with van der Waals surface area (Å²) in [5, 5.41) is 9.51. The van der Waals surface area contributed by atoms with E-state index in [-0.39, 0.29) is 11.8 Å². The van der Waals surface area contributed by atoms with Gasteiger partial charge in [0.2, 0.25) is 5.91 Å². The number of hydrogen-bond acceptors (Lipinski definition) is 10. The van der Waals surface area contributed by atoms with Crippen LogP contribution in [0.1, 0.15) is 58.2 Å². The van der Waals surface area contributed by atoms with Crippen LogP contribution in [0.15, 0.2) is 72.0 Å². The first-order valence-electron chi connectivity index (χ1n) is 17.6. The van der Waals surface area contributed by atoms with Crippen molar-refractivity contribution in [2.24, 2.45) is 16.9 Å². The van der Waals surface area contributed by atoms with Crippen LogP contribution >= 0.6 is 0 Å². The van der Waals surface area contributed by atoms with E-state index in [1.807, 2.05) is 98.4 Å². The summed E-state index contributed by atoms with van der Waals surface area (Å²) in [5.74, 6) is 3.62. The van der Waals surface area contributed by atoms with Crippen molar-refractivity contribution in [2.45, 2.75) is 60.8 Å². The van der Waals surface area contributed by atoms with E-state index >= 15 is 0 Å². The second-order valence-corrected chi connectivity index (χ2v) is 13.1. The molecule has 1 aliphatic heterocycles. The highest BCUT2D eigenvalue weighted by Gasteiger charge is 2.19. The lowest BCUT2D eigenvalue weighted by molar-refractivity contribution is -0.127. The third kappa shape index (κ3) is 11.1. The highest BCUT2D eigenvalue weighted by molar-refractivity contribution is 5.88. The standard InChI is InChI=1S/C39H54N8O3/c1-9-28(4)16-20-46(37(48)13-12-19-45(7)8)25-31(10-2)26-49-36-24-34-38(43-30(36)6)39(41-27-40-34)44-32-14-15-35(29(5)23-32)50-33-17-21-47(22-18-33)42-11-3/h11-15,17-18,21,23-24,27-28,31H,9-10,16,19-20,22,25-26H2,1-8H3,(H,40,41,44)/b13-12+,42-11-. The van der Waals surface area contributed by atoms with Crippen LogP contribution in [0.25, 0.3) is 11.0 Å². The third-order valence-corrected chi connectivity index (χ3v) is 8.74. The Kier molecular flexibility index (Phi) is 14.3. The lowest BCUT2D eigenvalue weighted by Crippen LogP contribution is -2.37. The number of carbonyl (C=O) groups excluding carboxylic acids is 1. The molecule has 2 aromatic heterocycles. The van der Waals surface area contributed by atoms with E-state index < -0.39 is 0 Å². The Morgan fingerprint density at radius 2 is 1.96 bits per heavy atom. The van der Waals surface area contributed by atoms with Crippen LogP contribution in [0.5, 0.6) is 11.5 Å². The van der Waals surface area contributed by atoms with Gasteiger partial charge in [0.25, 0.3) is 0 Å². The molecular formula is C39H54N8O3. The van der Waals surface area contributed by atoms with Gasteiger partial charge in [0.15, 0.2) is 5.82 Å². The van der Waals surface area contributed by atoms with Crippen molar-refractivity contribution in [1.82, 2.24) is 29.8 Å². The Morgan fingerprint density at radius 1 is 1.14 bits per heavy atom. The largest absolute Gasteiger partial charge is 0.491 e. The van der Waals surface area contributed by atoms with Gasteiger partial charge in [-0.05, 0) is 89.5 Å². The Bertz CT molecular complexity index is 1700. The maximum absolute atomic E-state index is 13.2. The number of pyridine rings is 1. The smallest absolute Gasteiger partial charge is 0.246 e. The Balaban J connectivity index is 1.42. The number of benzene rings is 1. The number of allylic oxidation sites excluding steroid dienone is 1. The molecule has 0 saturated carbocycles. The molecule has 1 aromatic carbocycles.